The molecule has 1 aliphatic carbocycles. The van der Waals surface area contributed by atoms with Crippen molar-refractivity contribution >= 4 is 11.7 Å². The zero-order valence-electron chi connectivity index (χ0n) is 10.5. The van der Waals surface area contributed by atoms with Crippen LogP contribution in [-0.4, -0.2) is 23.1 Å². The minimum absolute atomic E-state index is 0.0406. The molecule has 18 heavy (non-hydrogen) atoms. The molecule has 0 radical (unpaired) electrons. The fourth-order valence-electron chi connectivity index (χ4n) is 3.23. The first kappa shape index (κ1) is 11.5. The summed E-state index contributed by atoms with van der Waals surface area (Å²) in [6, 6.07) is 10.1. The fraction of sp³-hybridized carbons (Fsp3) is 0.467. The van der Waals surface area contributed by atoms with Crippen LogP contribution in [0.4, 0.5) is 0 Å². The minimum Gasteiger partial charge on any atom is -0.335 e. The molecule has 2 aliphatic rings. The van der Waals surface area contributed by atoms with Crippen LogP contribution >= 0.6 is 0 Å². The number of Topliss-reactive ketones (excluding diaryl/α,β-unsaturated/α-hetero) is 1. The number of carbonyl (C=O) groups is 2. The highest BCUT2D eigenvalue weighted by Gasteiger charge is 2.49. The van der Waals surface area contributed by atoms with Gasteiger partial charge in [-0.05, 0) is 24.8 Å². The highest BCUT2D eigenvalue weighted by Crippen LogP contribution is 2.39. The molecular formula is C15H17NO2. The summed E-state index contributed by atoms with van der Waals surface area (Å²) in [6.45, 7) is 2.78. The van der Waals surface area contributed by atoms with Gasteiger partial charge in [0.05, 0.1) is 6.04 Å². The second-order valence-corrected chi connectivity index (χ2v) is 5.32. The van der Waals surface area contributed by atoms with Gasteiger partial charge >= 0.3 is 0 Å². The number of fused-ring (bicyclic) bond motifs is 1. The maximum Gasteiger partial charge on any atom is 0.234 e. The van der Waals surface area contributed by atoms with E-state index in [1.807, 2.05) is 42.2 Å². The normalized spacial score (nSPS) is 28.6. The zero-order chi connectivity index (χ0) is 12.7. The second-order valence-electron chi connectivity index (χ2n) is 5.32. The Hall–Kier alpha value is -1.64. The molecule has 1 heterocycles. The summed E-state index contributed by atoms with van der Waals surface area (Å²) in [4.78, 5) is 25.9. The molecule has 1 aliphatic heterocycles. The summed E-state index contributed by atoms with van der Waals surface area (Å²) in [7, 11) is 0. The maximum absolute atomic E-state index is 12.3. The van der Waals surface area contributed by atoms with Crippen molar-refractivity contribution in [1.82, 2.24) is 4.90 Å². The standard InChI is InChI=1S/C15H17NO2/c1-10(11-5-3-2-4-6-11)16-9-12-7-8-13(17)14(12)15(16)18/h2-6,10,12,14H,7-9H2,1H3. The van der Waals surface area contributed by atoms with E-state index in [0.29, 0.717) is 6.42 Å². The van der Waals surface area contributed by atoms with Crippen LogP contribution in [0.3, 0.4) is 0 Å². The molecule has 1 aromatic carbocycles. The third-order valence-electron chi connectivity index (χ3n) is 4.31. The Morgan fingerprint density at radius 1 is 1.22 bits per heavy atom. The van der Waals surface area contributed by atoms with Gasteiger partial charge < -0.3 is 4.90 Å². The topological polar surface area (TPSA) is 37.4 Å². The van der Waals surface area contributed by atoms with Crippen LogP contribution in [0.1, 0.15) is 31.4 Å². The molecule has 0 aromatic heterocycles. The Labute approximate surface area is 107 Å². The van der Waals surface area contributed by atoms with E-state index in [0.717, 1.165) is 18.5 Å². The first-order valence-electron chi connectivity index (χ1n) is 6.56. The van der Waals surface area contributed by atoms with Gasteiger partial charge in [-0.25, -0.2) is 0 Å². The van der Waals surface area contributed by atoms with Crippen molar-refractivity contribution in [3.8, 4) is 0 Å². The van der Waals surface area contributed by atoms with Crippen LogP contribution in [0.15, 0.2) is 30.3 Å². The van der Waals surface area contributed by atoms with E-state index in [4.69, 9.17) is 0 Å². The molecule has 1 aromatic rings. The number of nitrogens with zero attached hydrogens (tertiary/aromatic N) is 1. The molecule has 0 bridgehead atoms. The number of likely N-dealkylation sites (tertiary alicyclic amines) is 1. The maximum atomic E-state index is 12.3. The first-order valence-corrected chi connectivity index (χ1v) is 6.56. The molecule has 94 valence electrons. The lowest BCUT2D eigenvalue weighted by atomic mass is 10.00. The van der Waals surface area contributed by atoms with Crippen LogP contribution in [0.5, 0.6) is 0 Å². The Morgan fingerprint density at radius 3 is 2.61 bits per heavy atom. The van der Waals surface area contributed by atoms with Gasteiger partial charge in [0, 0.05) is 13.0 Å². The predicted octanol–water partition coefficient (Wildman–Crippen LogP) is 2.19. The molecular weight excluding hydrogens is 226 g/mol. The van der Waals surface area contributed by atoms with E-state index in [-0.39, 0.29) is 29.6 Å². The van der Waals surface area contributed by atoms with Crippen molar-refractivity contribution in [3.05, 3.63) is 35.9 Å². The molecule has 2 fully saturated rings. The lowest BCUT2D eigenvalue weighted by molar-refractivity contribution is -0.137. The van der Waals surface area contributed by atoms with Crippen LogP contribution < -0.4 is 0 Å². The monoisotopic (exact) mass is 243 g/mol. The average molecular weight is 243 g/mol. The number of amides is 1. The smallest absolute Gasteiger partial charge is 0.234 e. The highest BCUT2D eigenvalue weighted by atomic mass is 16.2. The third kappa shape index (κ3) is 1.65. The van der Waals surface area contributed by atoms with Crippen molar-refractivity contribution in [3.63, 3.8) is 0 Å². The molecule has 3 nitrogen and oxygen atoms in total. The van der Waals surface area contributed by atoms with Crippen molar-refractivity contribution < 1.29 is 9.59 Å². The summed E-state index contributed by atoms with van der Waals surface area (Å²) in [5.74, 6) is 0.110. The number of carbonyl (C=O) groups excluding carboxylic acids is 2. The Balaban J connectivity index is 1.83. The molecule has 3 unspecified atom stereocenters. The Kier molecular flexibility index (Phi) is 2.69. The van der Waals surface area contributed by atoms with E-state index in [1.165, 1.54) is 0 Å². The summed E-state index contributed by atoms with van der Waals surface area (Å²) in [5, 5.41) is 0. The van der Waals surface area contributed by atoms with Gasteiger partial charge in [0.15, 0.2) is 0 Å². The van der Waals surface area contributed by atoms with E-state index in [2.05, 4.69) is 0 Å². The Bertz CT molecular complexity index is 483. The summed E-state index contributed by atoms with van der Waals surface area (Å²) < 4.78 is 0. The number of hydrogen-bond donors (Lipinski definition) is 0. The number of ketones is 1. The van der Waals surface area contributed by atoms with Gasteiger partial charge in [-0.1, -0.05) is 30.3 Å². The largest absolute Gasteiger partial charge is 0.335 e. The van der Waals surface area contributed by atoms with Crippen molar-refractivity contribution in [2.75, 3.05) is 6.54 Å². The fourth-order valence-corrected chi connectivity index (χ4v) is 3.23. The minimum atomic E-state index is -0.337. The van der Waals surface area contributed by atoms with Crippen LogP contribution in [0, 0.1) is 11.8 Å². The number of hydrogen-bond acceptors (Lipinski definition) is 2. The molecule has 0 N–H and O–H groups in total. The van der Waals surface area contributed by atoms with Gasteiger partial charge in [-0.3, -0.25) is 9.59 Å². The van der Waals surface area contributed by atoms with Crippen molar-refractivity contribution in [2.24, 2.45) is 11.8 Å². The van der Waals surface area contributed by atoms with Crippen LogP contribution in [0.25, 0.3) is 0 Å². The average Bonchev–Trinajstić information content (AvgIpc) is 2.92. The Morgan fingerprint density at radius 2 is 1.94 bits per heavy atom. The summed E-state index contributed by atoms with van der Waals surface area (Å²) in [6.07, 6.45) is 1.47. The van der Waals surface area contributed by atoms with E-state index in [1.54, 1.807) is 0 Å². The quantitative estimate of drug-likeness (QED) is 0.747. The van der Waals surface area contributed by atoms with E-state index in [9.17, 15) is 9.59 Å². The second kappa shape index (κ2) is 4.23. The molecule has 1 amide bonds. The van der Waals surface area contributed by atoms with E-state index < -0.39 is 0 Å². The molecule has 0 spiro atoms. The van der Waals surface area contributed by atoms with Crippen LogP contribution in [-0.2, 0) is 9.59 Å². The molecule has 1 saturated heterocycles. The van der Waals surface area contributed by atoms with Crippen molar-refractivity contribution in [1.29, 1.82) is 0 Å². The van der Waals surface area contributed by atoms with Gasteiger partial charge in [-0.15, -0.1) is 0 Å². The first-order chi connectivity index (χ1) is 8.68. The summed E-state index contributed by atoms with van der Waals surface area (Å²) >= 11 is 0. The lowest BCUT2D eigenvalue weighted by Gasteiger charge is -2.25. The van der Waals surface area contributed by atoms with Crippen LogP contribution in [0.2, 0.25) is 0 Å². The number of benzene rings is 1. The SMILES string of the molecule is CC(c1ccccc1)N1CC2CCC(=O)C2C1=O. The van der Waals surface area contributed by atoms with Gasteiger partial charge in [-0.2, -0.15) is 0 Å². The lowest BCUT2D eigenvalue weighted by Crippen LogP contribution is -2.32. The van der Waals surface area contributed by atoms with Gasteiger partial charge in [0.2, 0.25) is 5.91 Å². The predicted molar refractivity (Wildman–Crippen MR) is 67.8 cm³/mol. The van der Waals surface area contributed by atoms with Gasteiger partial charge in [0.25, 0.3) is 0 Å². The molecule has 3 atom stereocenters. The van der Waals surface area contributed by atoms with Crippen molar-refractivity contribution in [2.45, 2.75) is 25.8 Å². The third-order valence-corrected chi connectivity index (χ3v) is 4.31. The van der Waals surface area contributed by atoms with E-state index >= 15 is 0 Å². The summed E-state index contributed by atoms with van der Waals surface area (Å²) in [5.41, 5.74) is 1.14. The molecule has 3 rings (SSSR count). The molecule has 1 saturated carbocycles. The number of rotatable bonds is 2. The zero-order valence-corrected chi connectivity index (χ0v) is 10.5. The highest BCUT2D eigenvalue weighted by molar-refractivity contribution is 6.04. The van der Waals surface area contributed by atoms with Gasteiger partial charge in [0.1, 0.15) is 11.7 Å². The molecule has 3 heteroatoms.